The van der Waals surface area contributed by atoms with Gasteiger partial charge in [0.2, 0.25) is 10.0 Å². The lowest BCUT2D eigenvalue weighted by molar-refractivity contribution is 0.0925. The first-order valence-electron chi connectivity index (χ1n) is 10.3. The monoisotopic (exact) mass is 414 g/mol. The van der Waals surface area contributed by atoms with Crippen molar-refractivity contribution in [2.45, 2.75) is 51.0 Å². The summed E-state index contributed by atoms with van der Waals surface area (Å²) in [7, 11) is -3.55. The Balaban J connectivity index is 1.81. The van der Waals surface area contributed by atoms with Crippen LogP contribution >= 0.6 is 0 Å². The van der Waals surface area contributed by atoms with E-state index >= 15 is 0 Å². The van der Waals surface area contributed by atoms with E-state index in [2.05, 4.69) is 50.4 Å². The van der Waals surface area contributed by atoms with E-state index in [1.165, 1.54) is 15.9 Å². The number of hydrogen-bond donors (Lipinski definition) is 1. The zero-order chi connectivity index (χ0) is 21.0. The summed E-state index contributed by atoms with van der Waals surface area (Å²) in [5, 5.41) is 3.09. The maximum Gasteiger partial charge on any atom is 0.251 e. The van der Waals surface area contributed by atoms with E-state index in [1.54, 1.807) is 18.2 Å². The van der Waals surface area contributed by atoms with Gasteiger partial charge in [0.15, 0.2) is 0 Å². The molecule has 0 aliphatic carbocycles. The number of nitrogens with one attached hydrogen (secondary N) is 1. The molecular weight excluding hydrogens is 384 g/mol. The maximum atomic E-state index is 12.9. The number of carbonyl (C=O) groups excluding carboxylic acids is 1. The molecule has 0 aromatic heterocycles. The first-order chi connectivity index (χ1) is 13.8. The first kappa shape index (κ1) is 21.5. The van der Waals surface area contributed by atoms with Crippen LogP contribution in [0.15, 0.2) is 53.4 Å². The van der Waals surface area contributed by atoms with E-state index in [-0.39, 0.29) is 22.8 Å². The number of amides is 1. The van der Waals surface area contributed by atoms with Crippen LogP contribution in [0.3, 0.4) is 0 Å². The van der Waals surface area contributed by atoms with Gasteiger partial charge in [0.1, 0.15) is 0 Å². The molecule has 1 amide bonds. The van der Waals surface area contributed by atoms with Gasteiger partial charge in [-0.1, -0.05) is 51.1 Å². The van der Waals surface area contributed by atoms with Crippen molar-refractivity contribution in [3.05, 3.63) is 65.2 Å². The summed E-state index contributed by atoms with van der Waals surface area (Å²) in [6, 6.07) is 14.5. The molecule has 5 nitrogen and oxygen atoms in total. The van der Waals surface area contributed by atoms with E-state index in [0.717, 1.165) is 24.8 Å². The fourth-order valence-electron chi connectivity index (χ4n) is 3.70. The molecule has 1 fully saturated rings. The van der Waals surface area contributed by atoms with Gasteiger partial charge in [0.05, 0.1) is 10.9 Å². The van der Waals surface area contributed by atoms with E-state index in [0.29, 0.717) is 18.7 Å². The number of sulfonamides is 1. The largest absolute Gasteiger partial charge is 0.345 e. The minimum Gasteiger partial charge on any atom is -0.345 e. The van der Waals surface area contributed by atoms with Crippen LogP contribution in [0.2, 0.25) is 0 Å². The second kappa shape index (κ2) is 9.09. The first-order valence-corrected chi connectivity index (χ1v) is 11.8. The number of benzene rings is 2. The summed E-state index contributed by atoms with van der Waals surface area (Å²) in [5.74, 6) is -0.0651. The van der Waals surface area contributed by atoms with Gasteiger partial charge in [-0.25, -0.2) is 8.42 Å². The molecule has 0 unspecified atom stereocenters. The summed E-state index contributed by atoms with van der Waals surface area (Å²) in [6.07, 6.45) is 2.73. The van der Waals surface area contributed by atoms with Crippen molar-refractivity contribution in [2.24, 2.45) is 5.92 Å². The summed E-state index contributed by atoms with van der Waals surface area (Å²) >= 11 is 0. The summed E-state index contributed by atoms with van der Waals surface area (Å²) in [5.41, 5.74) is 2.66. The van der Waals surface area contributed by atoms with Gasteiger partial charge in [-0.05, 0) is 54.5 Å². The molecule has 156 valence electrons. The van der Waals surface area contributed by atoms with Gasteiger partial charge in [-0.3, -0.25) is 4.79 Å². The molecule has 0 spiro atoms. The Kier molecular flexibility index (Phi) is 6.75. The zero-order valence-electron chi connectivity index (χ0n) is 17.4. The van der Waals surface area contributed by atoms with Crippen molar-refractivity contribution >= 4 is 15.9 Å². The fraction of sp³-hybridized carbons (Fsp3) is 0.435. The number of rotatable bonds is 7. The Labute approximate surface area is 174 Å². The van der Waals surface area contributed by atoms with Crippen molar-refractivity contribution in [3.63, 3.8) is 0 Å². The molecule has 1 aliphatic heterocycles. The molecule has 0 bridgehead atoms. The summed E-state index contributed by atoms with van der Waals surface area (Å²) in [6.45, 7) is 7.32. The van der Waals surface area contributed by atoms with E-state index in [1.807, 2.05) is 0 Å². The number of carbonyl (C=O) groups is 1. The molecule has 2 aromatic rings. The van der Waals surface area contributed by atoms with Gasteiger partial charge in [-0.15, -0.1) is 0 Å². The molecule has 1 aliphatic rings. The van der Waals surface area contributed by atoms with Crippen molar-refractivity contribution in [1.29, 1.82) is 0 Å². The van der Waals surface area contributed by atoms with Crippen LogP contribution in [0, 0.1) is 5.92 Å². The Hall–Kier alpha value is -2.18. The van der Waals surface area contributed by atoms with Crippen LogP contribution in [-0.4, -0.2) is 31.7 Å². The highest BCUT2D eigenvalue weighted by Crippen LogP contribution is 2.24. The number of nitrogens with zero attached hydrogens (tertiary/aromatic N) is 1. The standard InChI is InChI=1S/C23H30N2O3S/c1-4-18-10-12-19(13-11-18)22(17(2)3)24-23(26)20-8-7-9-21(16-20)29(27,28)25-14-5-6-15-25/h7-13,16-17,22H,4-6,14-15H2,1-3H3,(H,24,26)/t22-/m1/s1. The Morgan fingerprint density at radius 1 is 1.07 bits per heavy atom. The molecule has 2 aromatic carbocycles. The quantitative estimate of drug-likeness (QED) is 0.740. The second-order valence-corrected chi connectivity index (χ2v) is 9.87. The van der Waals surface area contributed by atoms with Crippen molar-refractivity contribution in [1.82, 2.24) is 9.62 Å². The normalized spacial score (nSPS) is 16.1. The average Bonchev–Trinajstić information content (AvgIpc) is 3.27. The number of aryl methyl sites for hydroxylation is 1. The molecule has 3 rings (SSSR count). The summed E-state index contributed by atoms with van der Waals surface area (Å²) in [4.78, 5) is 13.1. The molecule has 6 heteroatoms. The van der Waals surface area contributed by atoms with E-state index in [9.17, 15) is 13.2 Å². The van der Waals surface area contributed by atoms with Gasteiger partial charge in [-0.2, -0.15) is 4.31 Å². The lowest BCUT2D eigenvalue weighted by atomic mass is 9.94. The average molecular weight is 415 g/mol. The van der Waals surface area contributed by atoms with Gasteiger partial charge in [0, 0.05) is 18.7 Å². The van der Waals surface area contributed by atoms with Crippen LogP contribution in [-0.2, 0) is 16.4 Å². The van der Waals surface area contributed by atoms with Gasteiger partial charge < -0.3 is 5.32 Å². The van der Waals surface area contributed by atoms with Gasteiger partial charge >= 0.3 is 0 Å². The second-order valence-electron chi connectivity index (χ2n) is 7.93. The molecule has 1 atom stereocenters. The van der Waals surface area contributed by atoms with Crippen molar-refractivity contribution < 1.29 is 13.2 Å². The highest BCUT2D eigenvalue weighted by molar-refractivity contribution is 7.89. The lowest BCUT2D eigenvalue weighted by Crippen LogP contribution is -2.32. The maximum absolute atomic E-state index is 12.9. The third kappa shape index (κ3) is 4.87. The smallest absolute Gasteiger partial charge is 0.251 e. The highest BCUT2D eigenvalue weighted by Gasteiger charge is 2.28. The highest BCUT2D eigenvalue weighted by atomic mass is 32.2. The molecule has 0 radical (unpaired) electrons. The van der Waals surface area contributed by atoms with Crippen molar-refractivity contribution in [2.75, 3.05) is 13.1 Å². The van der Waals surface area contributed by atoms with Crippen molar-refractivity contribution in [3.8, 4) is 0 Å². The predicted octanol–water partition coefficient (Wildman–Crippen LogP) is 4.16. The van der Waals surface area contributed by atoms with Crippen LogP contribution in [0.4, 0.5) is 0 Å². The SMILES string of the molecule is CCc1ccc([C@H](NC(=O)c2cccc(S(=O)(=O)N3CCCC3)c2)C(C)C)cc1. The Bertz CT molecular complexity index is 946. The predicted molar refractivity (Wildman–Crippen MR) is 115 cm³/mol. The van der Waals surface area contributed by atoms with Crippen LogP contribution in [0.5, 0.6) is 0 Å². The fourth-order valence-corrected chi connectivity index (χ4v) is 5.26. The molecular formula is C23H30N2O3S. The summed E-state index contributed by atoms with van der Waals surface area (Å²) < 4.78 is 27.1. The van der Waals surface area contributed by atoms with E-state index < -0.39 is 10.0 Å². The lowest BCUT2D eigenvalue weighted by Gasteiger charge is -2.23. The zero-order valence-corrected chi connectivity index (χ0v) is 18.2. The third-order valence-electron chi connectivity index (χ3n) is 5.50. The third-order valence-corrected chi connectivity index (χ3v) is 7.39. The number of hydrogen-bond acceptors (Lipinski definition) is 3. The molecule has 1 heterocycles. The Morgan fingerprint density at radius 2 is 1.72 bits per heavy atom. The minimum absolute atomic E-state index is 0.146. The molecule has 0 saturated carbocycles. The van der Waals surface area contributed by atoms with Crippen LogP contribution in [0.25, 0.3) is 0 Å². The van der Waals surface area contributed by atoms with Gasteiger partial charge in [0.25, 0.3) is 5.91 Å². The molecule has 1 saturated heterocycles. The van der Waals surface area contributed by atoms with Crippen LogP contribution in [0.1, 0.15) is 61.1 Å². The topological polar surface area (TPSA) is 66.5 Å². The minimum atomic E-state index is -3.55. The molecule has 1 N–H and O–H groups in total. The Morgan fingerprint density at radius 3 is 2.31 bits per heavy atom. The van der Waals surface area contributed by atoms with Crippen LogP contribution < -0.4 is 5.32 Å². The van der Waals surface area contributed by atoms with E-state index in [4.69, 9.17) is 0 Å². The molecule has 29 heavy (non-hydrogen) atoms.